The normalized spacial score (nSPS) is 14.0. The largest absolute Gasteiger partial charge is 0.472 e. The van der Waals surface area contributed by atoms with E-state index in [4.69, 9.17) is 9.05 Å². The summed E-state index contributed by atoms with van der Waals surface area (Å²) in [4.78, 5) is 23.4. The number of nitrogens with zero attached hydrogens (tertiary/aromatic N) is 1. The summed E-state index contributed by atoms with van der Waals surface area (Å²) in [5.74, 6) is -0.184. The molecule has 9 heteroatoms. The Morgan fingerprint density at radius 2 is 0.733 bits per heavy atom. The highest BCUT2D eigenvalue weighted by Gasteiger charge is 2.28. The summed E-state index contributed by atoms with van der Waals surface area (Å²) in [6.45, 7) is 4.84. The van der Waals surface area contributed by atoms with Crippen LogP contribution >= 0.6 is 7.82 Å². The zero-order valence-electron chi connectivity index (χ0n) is 50.8. The molecule has 0 aliphatic carbocycles. The molecule has 3 unspecified atom stereocenters. The lowest BCUT2D eigenvalue weighted by Gasteiger charge is -2.25. The molecule has 3 N–H and O–H groups in total. The number of rotatable bonds is 61. The summed E-state index contributed by atoms with van der Waals surface area (Å²) in [7, 11) is 1.56. The van der Waals surface area contributed by atoms with Crippen LogP contribution in [-0.4, -0.2) is 73.4 Å². The number of unbranched alkanes of at least 4 members (excludes halogenated alkanes) is 44. The second-order valence-electron chi connectivity index (χ2n) is 23.8. The summed E-state index contributed by atoms with van der Waals surface area (Å²) in [5.41, 5.74) is 0. The van der Waals surface area contributed by atoms with Crippen LogP contribution < -0.4 is 5.32 Å². The van der Waals surface area contributed by atoms with E-state index in [1.165, 1.54) is 263 Å². The Balaban J connectivity index is 4.12. The number of nitrogens with one attached hydrogen (secondary N) is 1. The molecule has 75 heavy (non-hydrogen) atoms. The first kappa shape index (κ1) is 73.7. The number of amides is 1. The fraction of sp³-hybridized carbons (Fsp3) is 0.894. The monoisotopic (exact) mass is 1080 g/mol. The minimum atomic E-state index is -4.36. The molecule has 444 valence electrons. The van der Waals surface area contributed by atoms with Gasteiger partial charge in [0.05, 0.1) is 39.9 Å². The topological polar surface area (TPSA) is 105 Å². The molecule has 0 aromatic carbocycles. The van der Waals surface area contributed by atoms with E-state index in [9.17, 15) is 19.4 Å². The Bertz CT molecular complexity index is 1320. The van der Waals surface area contributed by atoms with Crippen molar-refractivity contribution in [3.05, 3.63) is 36.5 Å². The van der Waals surface area contributed by atoms with Crippen LogP contribution in [0.3, 0.4) is 0 Å². The van der Waals surface area contributed by atoms with Crippen molar-refractivity contribution < 1.29 is 32.9 Å². The predicted molar refractivity (Wildman–Crippen MR) is 328 cm³/mol. The maximum absolute atomic E-state index is 13.0. The molecule has 0 spiro atoms. The van der Waals surface area contributed by atoms with Gasteiger partial charge in [-0.2, -0.15) is 0 Å². The molecule has 0 fully saturated rings. The highest BCUT2D eigenvalue weighted by atomic mass is 31.2. The van der Waals surface area contributed by atoms with Crippen LogP contribution in [0.4, 0.5) is 0 Å². The van der Waals surface area contributed by atoms with Crippen LogP contribution in [0.2, 0.25) is 0 Å². The number of aliphatic hydroxyl groups excluding tert-OH is 1. The summed E-state index contributed by atoms with van der Waals surface area (Å²) < 4.78 is 23.8. The number of allylic oxidation sites excluding steroid dienone is 5. The van der Waals surface area contributed by atoms with Gasteiger partial charge in [-0.05, 0) is 44.9 Å². The number of hydrogen-bond acceptors (Lipinski definition) is 5. The molecule has 0 bridgehead atoms. The van der Waals surface area contributed by atoms with Crippen LogP contribution in [-0.2, 0) is 18.4 Å². The van der Waals surface area contributed by atoms with Gasteiger partial charge >= 0.3 is 7.82 Å². The van der Waals surface area contributed by atoms with Gasteiger partial charge in [0.1, 0.15) is 13.2 Å². The molecule has 8 nitrogen and oxygen atoms in total. The molecule has 1 amide bonds. The van der Waals surface area contributed by atoms with Crippen molar-refractivity contribution >= 4 is 13.7 Å². The smallest absolute Gasteiger partial charge is 0.387 e. The van der Waals surface area contributed by atoms with Gasteiger partial charge in [-0.3, -0.25) is 13.8 Å². The van der Waals surface area contributed by atoms with Crippen LogP contribution in [0.25, 0.3) is 0 Å². The standard InChI is InChI=1S/C66H129N2O6P/c1-6-8-10-12-14-16-18-20-22-24-26-28-30-31-32-33-34-35-36-38-40-42-44-46-48-50-52-54-56-58-60-66(70)67-64(63-74-75(71,72)73-62-61-68(3,4)5)65(69)59-57-55-53-51-49-47-45-43-41-39-37-29-27-25-23-21-19-17-15-13-11-9-7-2/h41,43,49,51,57,59,64-65,69H,6-40,42,44-48,50,52-56,58,60-63H2,1-5H3,(H-,67,70,71,72)/p+1/b43-41+,51-49+,59-57+. The average Bonchev–Trinajstić information content (AvgIpc) is 3.37. The van der Waals surface area contributed by atoms with E-state index in [0.29, 0.717) is 17.4 Å². The van der Waals surface area contributed by atoms with Crippen LogP contribution in [0.1, 0.15) is 328 Å². The second-order valence-corrected chi connectivity index (χ2v) is 25.3. The molecular formula is C66H130N2O6P+. The quantitative estimate of drug-likeness (QED) is 0.0243. The number of phosphoric ester groups is 1. The van der Waals surface area contributed by atoms with Gasteiger partial charge in [0.25, 0.3) is 0 Å². The van der Waals surface area contributed by atoms with Gasteiger partial charge in [0, 0.05) is 6.42 Å². The summed E-state index contributed by atoms with van der Waals surface area (Å²) in [6.07, 6.45) is 75.7. The van der Waals surface area contributed by atoms with Crippen molar-refractivity contribution in [2.24, 2.45) is 0 Å². The summed E-state index contributed by atoms with van der Waals surface area (Å²) in [5, 5.41) is 14.0. The van der Waals surface area contributed by atoms with Gasteiger partial charge in [-0.25, -0.2) is 4.57 Å². The first-order valence-electron chi connectivity index (χ1n) is 32.9. The van der Waals surface area contributed by atoms with Crippen molar-refractivity contribution in [1.82, 2.24) is 5.32 Å². The zero-order chi connectivity index (χ0) is 54.9. The van der Waals surface area contributed by atoms with Gasteiger partial charge in [0.2, 0.25) is 5.91 Å². The highest BCUT2D eigenvalue weighted by Crippen LogP contribution is 2.43. The third-order valence-electron chi connectivity index (χ3n) is 15.1. The molecule has 0 aromatic heterocycles. The van der Waals surface area contributed by atoms with E-state index < -0.39 is 20.0 Å². The fourth-order valence-electron chi connectivity index (χ4n) is 9.96. The van der Waals surface area contributed by atoms with Crippen molar-refractivity contribution in [3.63, 3.8) is 0 Å². The number of quaternary nitrogens is 1. The Morgan fingerprint density at radius 3 is 1.07 bits per heavy atom. The second kappa shape index (κ2) is 57.4. The van der Waals surface area contributed by atoms with Crippen LogP contribution in [0.5, 0.6) is 0 Å². The molecule has 0 saturated heterocycles. The number of likely N-dealkylation sites (N-methyl/N-ethyl adjacent to an activating group) is 1. The fourth-order valence-corrected chi connectivity index (χ4v) is 10.7. The Hall–Kier alpha value is -1.28. The molecule has 0 saturated carbocycles. The molecule has 0 heterocycles. The minimum absolute atomic E-state index is 0.0553. The Kier molecular flexibility index (Phi) is 56.4. The maximum Gasteiger partial charge on any atom is 0.472 e. The molecule has 0 rings (SSSR count). The Morgan fingerprint density at radius 1 is 0.440 bits per heavy atom. The lowest BCUT2D eigenvalue weighted by atomic mass is 10.0. The van der Waals surface area contributed by atoms with Gasteiger partial charge < -0.3 is 19.8 Å². The van der Waals surface area contributed by atoms with Crippen molar-refractivity contribution in [1.29, 1.82) is 0 Å². The third kappa shape index (κ3) is 60.2. The number of phosphoric acid groups is 1. The average molecular weight is 1080 g/mol. The van der Waals surface area contributed by atoms with E-state index in [-0.39, 0.29) is 19.1 Å². The minimum Gasteiger partial charge on any atom is -0.387 e. The molecule has 0 aliphatic heterocycles. The van der Waals surface area contributed by atoms with Crippen LogP contribution in [0.15, 0.2) is 36.5 Å². The van der Waals surface area contributed by atoms with Crippen molar-refractivity contribution in [2.45, 2.75) is 341 Å². The molecule has 0 aromatic rings. The zero-order valence-corrected chi connectivity index (χ0v) is 51.7. The third-order valence-corrected chi connectivity index (χ3v) is 16.1. The van der Waals surface area contributed by atoms with E-state index in [2.05, 4.69) is 43.5 Å². The lowest BCUT2D eigenvalue weighted by Crippen LogP contribution is -2.45. The number of carbonyl (C=O) groups is 1. The molecule has 0 radical (unpaired) electrons. The van der Waals surface area contributed by atoms with E-state index >= 15 is 0 Å². The lowest BCUT2D eigenvalue weighted by molar-refractivity contribution is -0.870. The number of hydrogen-bond donors (Lipinski definition) is 3. The summed E-state index contributed by atoms with van der Waals surface area (Å²) in [6, 6.07) is -0.869. The highest BCUT2D eigenvalue weighted by molar-refractivity contribution is 7.47. The van der Waals surface area contributed by atoms with E-state index in [0.717, 1.165) is 44.9 Å². The maximum atomic E-state index is 13.0. The SMILES string of the molecule is CCCCCCCCCCCCCCC/C=C/CC/C=C/CC/C=C/C(O)C(COP(=O)(O)OCC[N+](C)(C)C)NC(=O)CCCCCCCCCCCCCCCCCCCCCCCCCCCCCCCC. The molecule has 3 atom stereocenters. The van der Waals surface area contributed by atoms with Gasteiger partial charge in [0.15, 0.2) is 0 Å². The van der Waals surface area contributed by atoms with Crippen molar-refractivity contribution in [2.75, 3.05) is 40.9 Å². The van der Waals surface area contributed by atoms with E-state index in [1.54, 1.807) is 6.08 Å². The van der Waals surface area contributed by atoms with E-state index in [1.807, 2.05) is 27.2 Å². The van der Waals surface area contributed by atoms with Gasteiger partial charge in [-0.15, -0.1) is 0 Å². The first-order valence-corrected chi connectivity index (χ1v) is 34.4. The molecule has 0 aliphatic rings. The van der Waals surface area contributed by atoms with Crippen molar-refractivity contribution in [3.8, 4) is 0 Å². The Labute approximate surface area is 467 Å². The van der Waals surface area contributed by atoms with Gasteiger partial charge in [-0.1, -0.05) is 314 Å². The number of carbonyl (C=O) groups excluding carboxylic acids is 1. The summed E-state index contributed by atoms with van der Waals surface area (Å²) >= 11 is 0. The first-order chi connectivity index (χ1) is 36.5. The molecular weight excluding hydrogens is 948 g/mol. The number of aliphatic hydroxyl groups is 1. The predicted octanol–water partition coefficient (Wildman–Crippen LogP) is 20.5. The van der Waals surface area contributed by atoms with Crippen LogP contribution in [0, 0.1) is 0 Å².